The second kappa shape index (κ2) is 6.74. The number of rotatable bonds is 4. The quantitative estimate of drug-likeness (QED) is 0.797. The minimum absolute atomic E-state index is 0.00691. The molecule has 2 rings (SSSR count). The lowest BCUT2D eigenvalue weighted by atomic mass is 10.1. The first kappa shape index (κ1) is 15.5. The van der Waals surface area contributed by atoms with Crippen LogP contribution in [0.2, 0.25) is 0 Å². The molecule has 2 aromatic carbocycles. The Hall–Kier alpha value is -0.840. The van der Waals surface area contributed by atoms with Crippen molar-refractivity contribution in [1.82, 2.24) is 0 Å². The SMILES string of the molecule is CC(N)c1cc(Br)ccc1N(C)Cc1cccc(Br)c1. The van der Waals surface area contributed by atoms with E-state index in [1.54, 1.807) is 0 Å². The summed E-state index contributed by atoms with van der Waals surface area (Å²) in [7, 11) is 2.09. The topological polar surface area (TPSA) is 29.3 Å². The molecular formula is C16H18Br2N2. The standard InChI is InChI=1S/C16H18Br2N2/c1-11(19)15-9-14(18)6-7-16(15)20(2)10-12-4-3-5-13(17)8-12/h3-9,11H,10,19H2,1-2H3. The van der Waals surface area contributed by atoms with Gasteiger partial charge in [0.25, 0.3) is 0 Å². The van der Waals surface area contributed by atoms with Gasteiger partial charge in [0.1, 0.15) is 0 Å². The molecule has 0 bridgehead atoms. The van der Waals surface area contributed by atoms with Crippen LogP contribution in [-0.4, -0.2) is 7.05 Å². The highest BCUT2D eigenvalue weighted by Gasteiger charge is 2.12. The van der Waals surface area contributed by atoms with E-state index >= 15 is 0 Å². The van der Waals surface area contributed by atoms with Crippen molar-refractivity contribution in [3.63, 3.8) is 0 Å². The van der Waals surface area contributed by atoms with Crippen LogP contribution >= 0.6 is 31.9 Å². The Morgan fingerprint density at radius 3 is 2.45 bits per heavy atom. The molecule has 0 amide bonds. The predicted molar refractivity (Wildman–Crippen MR) is 93.0 cm³/mol. The summed E-state index contributed by atoms with van der Waals surface area (Å²) in [4.78, 5) is 2.23. The number of benzene rings is 2. The molecule has 0 fully saturated rings. The van der Waals surface area contributed by atoms with E-state index in [9.17, 15) is 0 Å². The molecule has 0 saturated heterocycles. The third-order valence-corrected chi connectivity index (χ3v) is 4.19. The summed E-state index contributed by atoms with van der Waals surface area (Å²) < 4.78 is 2.16. The number of halogens is 2. The van der Waals surface area contributed by atoms with Crippen LogP contribution in [0, 0.1) is 0 Å². The maximum Gasteiger partial charge on any atom is 0.0426 e. The highest BCUT2D eigenvalue weighted by molar-refractivity contribution is 9.10. The van der Waals surface area contributed by atoms with Gasteiger partial charge < -0.3 is 10.6 Å². The summed E-state index contributed by atoms with van der Waals surface area (Å²) >= 11 is 7.02. The average Bonchev–Trinajstić information content (AvgIpc) is 2.38. The van der Waals surface area contributed by atoms with Crippen LogP contribution in [0.5, 0.6) is 0 Å². The number of nitrogens with zero attached hydrogens (tertiary/aromatic N) is 1. The Kier molecular flexibility index (Phi) is 5.24. The average molecular weight is 398 g/mol. The van der Waals surface area contributed by atoms with Crippen molar-refractivity contribution in [2.75, 3.05) is 11.9 Å². The van der Waals surface area contributed by atoms with E-state index in [0.29, 0.717) is 0 Å². The van der Waals surface area contributed by atoms with Crippen LogP contribution in [0.1, 0.15) is 24.1 Å². The van der Waals surface area contributed by atoms with Crippen LogP contribution in [0.4, 0.5) is 5.69 Å². The van der Waals surface area contributed by atoms with Crippen LogP contribution < -0.4 is 10.6 Å². The molecule has 4 heteroatoms. The molecule has 1 unspecified atom stereocenters. The van der Waals surface area contributed by atoms with E-state index in [-0.39, 0.29) is 6.04 Å². The van der Waals surface area contributed by atoms with E-state index in [1.807, 2.05) is 13.0 Å². The lowest BCUT2D eigenvalue weighted by Gasteiger charge is -2.24. The van der Waals surface area contributed by atoms with Gasteiger partial charge in [0, 0.05) is 34.3 Å². The summed E-state index contributed by atoms with van der Waals surface area (Å²) in [6, 6.07) is 14.6. The second-order valence-electron chi connectivity index (χ2n) is 4.98. The third kappa shape index (κ3) is 3.84. The zero-order valence-electron chi connectivity index (χ0n) is 11.6. The first-order valence-electron chi connectivity index (χ1n) is 6.48. The lowest BCUT2D eigenvalue weighted by Crippen LogP contribution is -2.20. The molecule has 2 nitrogen and oxygen atoms in total. The Morgan fingerprint density at radius 1 is 1.10 bits per heavy atom. The fourth-order valence-electron chi connectivity index (χ4n) is 2.23. The molecule has 0 spiro atoms. The largest absolute Gasteiger partial charge is 0.370 e. The van der Waals surface area contributed by atoms with Crippen LogP contribution in [-0.2, 0) is 6.54 Å². The number of nitrogens with two attached hydrogens (primary N) is 1. The van der Waals surface area contributed by atoms with Crippen molar-refractivity contribution in [1.29, 1.82) is 0 Å². The summed E-state index contributed by atoms with van der Waals surface area (Å²) in [6.07, 6.45) is 0. The minimum Gasteiger partial charge on any atom is -0.370 e. The minimum atomic E-state index is 0.00691. The Morgan fingerprint density at radius 2 is 1.80 bits per heavy atom. The maximum atomic E-state index is 6.08. The Labute approximate surface area is 137 Å². The van der Waals surface area contributed by atoms with Gasteiger partial charge in [0.15, 0.2) is 0 Å². The molecular weight excluding hydrogens is 380 g/mol. The first-order chi connectivity index (χ1) is 9.47. The molecule has 1 atom stereocenters. The molecule has 20 heavy (non-hydrogen) atoms. The Bertz CT molecular complexity index is 597. The number of hydrogen-bond donors (Lipinski definition) is 1. The number of anilines is 1. The van der Waals surface area contributed by atoms with Crippen molar-refractivity contribution in [3.05, 3.63) is 62.5 Å². The first-order valence-corrected chi connectivity index (χ1v) is 8.06. The summed E-state index contributed by atoms with van der Waals surface area (Å²) in [6.45, 7) is 2.86. The van der Waals surface area contributed by atoms with Crippen LogP contribution in [0.15, 0.2) is 51.4 Å². The van der Waals surface area contributed by atoms with Gasteiger partial charge in [-0.3, -0.25) is 0 Å². The highest BCUT2D eigenvalue weighted by atomic mass is 79.9. The second-order valence-corrected chi connectivity index (χ2v) is 6.81. The smallest absolute Gasteiger partial charge is 0.0426 e. The number of hydrogen-bond acceptors (Lipinski definition) is 2. The van der Waals surface area contributed by atoms with Gasteiger partial charge in [-0.05, 0) is 48.4 Å². The normalized spacial score (nSPS) is 12.2. The zero-order chi connectivity index (χ0) is 14.7. The molecule has 0 aliphatic heterocycles. The van der Waals surface area contributed by atoms with Gasteiger partial charge in [-0.25, -0.2) is 0 Å². The van der Waals surface area contributed by atoms with E-state index in [1.165, 1.54) is 11.3 Å². The van der Waals surface area contributed by atoms with Gasteiger partial charge in [0.2, 0.25) is 0 Å². The van der Waals surface area contributed by atoms with E-state index in [2.05, 4.69) is 80.2 Å². The van der Waals surface area contributed by atoms with Gasteiger partial charge in [0.05, 0.1) is 0 Å². The molecule has 2 aromatic rings. The van der Waals surface area contributed by atoms with E-state index < -0.39 is 0 Å². The third-order valence-electron chi connectivity index (χ3n) is 3.20. The lowest BCUT2D eigenvalue weighted by molar-refractivity contribution is 0.800. The van der Waals surface area contributed by atoms with Gasteiger partial charge >= 0.3 is 0 Å². The van der Waals surface area contributed by atoms with Gasteiger partial charge in [-0.15, -0.1) is 0 Å². The van der Waals surface area contributed by atoms with Crippen molar-refractivity contribution in [2.24, 2.45) is 5.73 Å². The molecule has 0 aliphatic rings. The van der Waals surface area contributed by atoms with Crippen molar-refractivity contribution in [3.8, 4) is 0 Å². The monoisotopic (exact) mass is 396 g/mol. The zero-order valence-corrected chi connectivity index (χ0v) is 14.8. The molecule has 0 heterocycles. The molecule has 0 aliphatic carbocycles. The van der Waals surface area contributed by atoms with Crippen LogP contribution in [0.3, 0.4) is 0 Å². The summed E-state index contributed by atoms with van der Waals surface area (Å²) in [5, 5.41) is 0. The van der Waals surface area contributed by atoms with Crippen molar-refractivity contribution in [2.45, 2.75) is 19.5 Å². The summed E-state index contributed by atoms with van der Waals surface area (Å²) in [5.74, 6) is 0. The fourth-order valence-corrected chi connectivity index (χ4v) is 3.06. The van der Waals surface area contributed by atoms with Crippen LogP contribution in [0.25, 0.3) is 0 Å². The summed E-state index contributed by atoms with van der Waals surface area (Å²) in [5.41, 5.74) is 9.67. The Balaban J connectivity index is 2.27. The fraction of sp³-hybridized carbons (Fsp3) is 0.250. The molecule has 0 radical (unpaired) electrons. The van der Waals surface area contributed by atoms with E-state index in [4.69, 9.17) is 5.73 Å². The van der Waals surface area contributed by atoms with Crippen molar-refractivity contribution >= 4 is 37.5 Å². The van der Waals surface area contributed by atoms with Gasteiger partial charge in [-0.2, -0.15) is 0 Å². The molecule has 2 N–H and O–H groups in total. The maximum absolute atomic E-state index is 6.08. The van der Waals surface area contributed by atoms with E-state index in [0.717, 1.165) is 21.1 Å². The highest BCUT2D eigenvalue weighted by Crippen LogP contribution is 2.29. The van der Waals surface area contributed by atoms with Gasteiger partial charge in [-0.1, -0.05) is 44.0 Å². The molecule has 0 saturated carbocycles. The molecule has 106 valence electrons. The molecule has 0 aromatic heterocycles. The van der Waals surface area contributed by atoms with Crippen molar-refractivity contribution < 1.29 is 0 Å². The predicted octanol–water partition coefficient (Wildman–Crippen LogP) is 4.87.